The van der Waals surface area contributed by atoms with E-state index < -0.39 is 0 Å². The van der Waals surface area contributed by atoms with E-state index in [2.05, 4.69) is 27.1 Å². The number of hydrogen-bond acceptors (Lipinski definition) is 4. The molecule has 0 spiro atoms. The van der Waals surface area contributed by atoms with Gasteiger partial charge in [-0.1, -0.05) is 28.1 Å². The van der Waals surface area contributed by atoms with Crippen molar-refractivity contribution < 1.29 is 0 Å². The van der Waals surface area contributed by atoms with Gasteiger partial charge < -0.3 is 10.6 Å². The molecule has 2 aromatic rings. The summed E-state index contributed by atoms with van der Waals surface area (Å²) in [6.45, 7) is 3.32. The summed E-state index contributed by atoms with van der Waals surface area (Å²) in [5, 5.41) is 13.7. The van der Waals surface area contributed by atoms with E-state index in [1.807, 2.05) is 43.1 Å². The van der Waals surface area contributed by atoms with Crippen LogP contribution < -0.4 is 10.6 Å². The lowest BCUT2D eigenvalue weighted by Crippen LogP contribution is -2.17. The van der Waals surface area contributed by atoms with Crippen molar-refractivity contribution in [2.24, 2.45) is 0 Å². The molecule has 5 nitrogen and oxygen atoms in total. The highest BCUT2D eigenvalue weighted by atomic mass is 79.9. The van der Waals surface area contributed by atoms with E-state index in [-0.39, 0.29) is 0 Å². The summed E-state index contributed by atoms with van der Waals surface area (Å²) in [6, 6.07) is 10.1. The van der Waals surface area contributed by atoms with Gasteiger partial charge in [-0.25, -0.2) is 4.68 Å². The molecule has 1 aromatic carbocycles. The lowest BCUT2D eigenvalue weighted by atomic mass is 10.2. The first-order chi connectivity index (χ1) is 9.56. The van der Waals surface area contributed by atoms with Gasteiger partial charge in [0.1, 0.15) is 17.5 Å². The van der Waals surface area contributed by atoms with Crippen LogP contribution in [-0.2, 0) is 6.54 Å². The van der Waals surface area contributed by atoms with E-state index in [0.29, 0.717) is 23.7 Å². The molecule has 0 saturated carbocycles. The maximum absolute atomic E-state index is 9.24. The maximum Gasteiger partial charge on any atom is 0.170 e. The monoisotopic (exact) mass is 333 g/mol. The number of anilines is 2. The van der Waals surface area contributed by atoms with Crippen LogP contribution in [0.1, 0.15) is 18.1 Å². The van der Waals surface area contributed by atoms with E-state index in [4.69, 9.17) is 5.73 Å². The number of nitrogens with two attached hydrogens (primary N) is 1. The van der Waals surface area contributed by atoms with Gasteiger partial charge in [-0.15, -0.1) is 0 Å². The average Bonchev–Trinajstić information content (AvgIpc) is 2.77. The lowest BCUT2D eigenvalue weighted by Gasteiger charge is -2.12. The Morgan fingerprint density at radius 1 is 1.40 bits per heavy atom. The highest BCUT2D eigenvalue weighted by molar-refractivity contribution is 9.10. The molecule has 0 atom stereocenters. The van der Waals surface area contributed by atoms with Crippen LogP contribution in [0.4, 0.5) is 11.6 Å². The predicted molar refractivity (Wildman–Crippen MR) is 83.5 cm³/mol. The van der Waals surface area contributed by atoms with Gasteiger partial charge in [0.15, 0.2) is 5.82 Å². The second kappa shape index (κ2) is 5.97. The summed E-state index contributed by atoms with van der Waals surface area (Å²) in [4.78, 5) is 1.91. The zero-order chi connectivity index (χ0) is 14.7. The zero-order valence-electron chi connectivity index (χ0n) is 11.5. The SMILES string of the molecule is CCN(C)c1nn(Cc2ccc(Br)cc2)c(N)c1C#N. The first-order valence-electron chi connectivity index (χ1n) is 6.28. The smallest absolute Gasteiger partial charge is 0.170 e. The highest BCUT2D eigenvalue weighted by Gasteiger charge is 2.17. The molecule has 0 radical (unpaired) electrons. The lowest BCUT2D eigenvalue weighted by molar-refractivity contribution is 0.691. The third kappa shape index (κ3) is 2.78. The molecule has 0 amide bonds. The normalized spacial score (nSPS) is 10.3. The molecule has 2 rings (SSSR count). The number of hydrogen-bond donors (Lipinski definition) is 1. The fourth-order valence-electron chi connectivity index (χ4n) is 1.87. The van der Waals surface area contributed by atoms with Crippen molar-refractivity contribution in [1.29, 1.82) is 5.26 Å². The van der Waals surface area contributed by atoms with Crippen molar-refractivity contribution in [3.8, 4) is 6.07 Å². The van der Waals surface area contributed by atoms with E-state index in [1.165, 1.54) is 0 Å². The van der Waals surface area contributed by atoms with Gasteiger partial charge in [-0.2, -0.15) is 10.4 Å². The summed E-state index contributed by atoms with van der Waals surface area (Å²) < 4.78 is 2.70. The fraction of sp³-hybridized carbons (Fsp3) is 0.286. The summed E-state index contributed by atoms with van der Waals surface area (Å²) in [7, 11) is 1.90. The Morgan fingerprint density at radius 3 is 2.60 bits per heavy atom. The third-order valence-electron chi connectivity index (χ3n) is 3.17. The minimum Gasteiger partial charge on any atom is -0.383 e. The Morgan fingerprint density at radius 2 is 2.05 bits per heavy atom. The zero-order valence-corrected chi connectivity index (χ0v) is 13.1. The number of nitrogen functional groups attached to an aromatic ring is 1. The van der Waals surface area contributed by atoms with E-state index in [1.54, 1.807) is 4.68 Å². The number of halogens is 1. The van der Waals surface area contributed by atoms with Crippen LogP contribution in [0.3, 0.4) is 0 Å². The number of rotatable bonds is 4. The van der Waals surface area contributed by atoms with Gasteiger partial charge in [-0.05, 0) is 24.6 Å². The fourth-order valence-corrected chi connectivity index (χ4v) is 2.13. The van der Waals surface area contributed by atoms with Crippen LogP contribution in [0.5, 0.6) is 0 Å². The topological polar surface area (TPSA) is 70.9 Å². The molecule has 104 valence electrons. The highest BCUT2D eigenvalue weighted by Crippen LogP contribution is 2.24. The van der Waals surface area contributed by atoms with E-state index in [9.17, 15) is 5.26 Å². The van der Waals surface area contributed by atoms with Crippen LogP contribution in [-0.4, -0.2) is 23.4 Å². The molecule has 0 aliphatic heterocycles. The third-order valence-corrected chi connectivity index (χ3v) is 3.70. The van der Waals surface area contributed by atoms with Gasteiger partial charge in [0.2, 0.25) is 0 Å². The van der Waals surface area contributed by atoms with E-state index in [0.717, 1.165) is 16.6 Å². The Balaban J connectivity index is 2.35. The van der Waals surface area contributed by atoms with Crippen molar-refractivity contribution in [2.75, 3.05) is 24.2 Å². The number of nitriles is 1. The first-order valence-corrected chi connectivity index (χ1v) is 7.08. The van der Waals surface area contributed by atoms with Crippen molar-refractivity contribution >= 4 is 27.6 Å². The maximum atomic E-state index is 9.24. The second-order valence-electron chi connectivity index (χ2n) is 4.49. The summed E-state index contributed by atoms with van der Waals surface area (Å²) in [6.07, 6.45) is 0. The molecule has 1 aromatic heterocycles. The molecule has 0 bridgehead atoms. The molecule has 0 unspecified atom stereocenters. The van der Waals surface area contributed by atoms with Crippen LogP contribution in [0.25, 0.3) is 0 Å². The van der Waals surface area contributed by atoms with Crippen LogP contribution in [0.2, 0.25) is 0 Å². The molecule has 6 heteroatoms. The Kier molecular flexibility index (Phi) is 4.30. The molecule has 1 heterocycles. The van der Waals surface area contributed by atoms with Gasteiger partial charge in [0.05, 0.1) is 6.54 Å². The van der Waals surface area contributed by atoms with Crippen LogP contribution in [0, 0.1) is 11.3 Å². The summed E-state index contributed by atoms with van der Waals surface area (Å²) in [5.41, 5.74) is 7.54. The molecule has 2 N–H and O–H groups in total. The van der Waals surface area contributed by atoms with Crippen molar-refractivity contribution in [1.82, 2.24) is 9.78 Å². The van der Waals surface area contributed by atoms with Crippen molar-refractivity contribution in [2.45, 2.75) is 13.5 Å². The predicted octanol–water partition coefficient (Wildman–Crippen LogP) is 2.60. The second-order valence-corrected chi connectivity index (χ2v) is 5.41. The Labute approximate surface area is 126 Å². The molecule has 0 aliphatic carbocycles. The first kappa shape index (κ1) is 14.4. The molecular weight excluding hydrogens is 318 g/mol. The van der Waals surface area contributed by atoms with Crippen LogP contribution >= 0.6 is 15.9 Å². The standard InChI is InChI=1S/C14H16BrN5/c1-3-19(2)14-12(8-16)13(17)20(18-14)9-10-4-6-11(15)7-5-10/h4-7H,3,9,17H2,1-2H3. The molecule has 0 saturated heterocycles. The average molecular weight is 334 g/mol. The van der Waals surface area contributed by atoms with Crippen molar-refractivity contribution in [3.63, 3.8) is 0 Å². The minimum atomic E-state index is 0.408. The molecule has 0 aliphatic rings. The van der Waals surface area contributed by atoms with Gasteiger partial charge in [0.25, 0.3) is 0 Å². The van der Waals surface area contributed by atoms with Gasteiger partial charge in [0, 0.05) is 18.1 Å². The van der Waals surface area contributed by atoms with Gasteiger partial charge in [-0.3, -0.25) is 0 Å². The molecular formula is C14H16BrN5. The largest absolute Gasteiger partial charge is 0.383 e. The number of nitrogens with zero attached hydrogens (tertiary/aromatic N) is 4. The summed E-state index contributed by atoms with van der Waals surface area (Å²) in [5.74, 6) is 1.04. The summed E-state index contributed by atoms with van der Waals surface area (Å²) >= 11 is 3.40. The Bertz CT molecular complexity index is 639. The molecule has 20 heavy (non-hydrogen) atoms. The van der Waals surface area contributed by atoms with E-state index >= 15 is 0 Å². The number of aromatic nitrogens is 2. The quantitative estimate of drug-likeness (QED) is 0.933. The Hall–Kier alpha value is -2.00. The van der Waals surface area contributed by atoms with Gasteiger partial charge >= 0.3 is 0 Å². The minimum absolute atomic E-state index is 0.408. The molecule has 0 fully saturated rings. The van der Waals surface area contributed by atoms with Crippen LogP contribution in [0.15, 0.2) is 28.7 Å². The number of benzene rings is 1. The van der Waals surface area contributed by atoms with Crippen molar-refractivity contribution in [3.05, 3.63) is 39.9 Å².